The van der Waals surface area contributed by atoms with E-state index in [1.807, 2.05) is 10.3 Å². The van der Waals surface area contributed by atoms with Crippen molar-refractivity contribution >= 4 is 17.2 Å². The van der Waals surface area contributed by atoms with Gasteiger partial charge in [-0.15, -0.1) is 0 Å². The van der Waals surface area contributed by atoms with Gasteiger partial charge in [0.25, 0.3) is 5.56 Å². The van der Waals surface area contributed by atoms with Crippen molar-refractivity contribution in [1.29, 1.82) is 0 Å². The quantitative estimate of drug-likeness (QED) is 0.891. The van der Waals surface area contributed by atoms with E-state index in [0.717, 1.165) is 32.4 Å². The first-order chi connectivity index (χ1) is 12.2. The van der Waals surface area contributed by atoms with Crippen LogP contribution in [0.25, 0.3) is 0 Å². The highest BCUT2D eigenvalue weighted by Crippen LogP contribution is 2.56. The smallest absolute Gasteiger partial charge is 0.250 e. The lowest BCUT2D eigenvalue weighted by molar-refractivity contribution is -0.133. The molecule has 0 unspecified atom stereocenters. The zero-order chi connectivity index (χ0) is 17.3. The van der Waals surface area contributed by atoms with Gasteiger partial charge >= 0.3 is 0 Å². The van der Waals surface area contributed by atoms with Crippen molar-refractivity contribution in [2.24, 2.45) is 5.41 Å². The molecule has 2 aromatic rings. The van der Waals surface area contributed by atoms with Crippen molar-refractivity contribution in [3.8, 4) is 0 Å². The Hall–Kier alpha value is -1.92. The zero-order valence-corrected chi connectivity index (χ0v) is 15.0. The summed E-state index contributed by atoms with van der Waals surface area (Å²) < 4.78 is 1.50. The Morgan fingerprint density at radius 3 is 2.88 bits per heavy atom. The molecule has 1 amide bonds. The second-order valence-corrected chi connectivity index (χ2v) is 7.93. The molecular formula is C19H23N3O2S. The molecule has 1 spiro atoms. The van der Waals surface area contributed by atoms with Gasteiger partial charge in [0.05, 0.1) is 0 Å². The van der Waals surface area contributed by atoms with Gasteiger partial charge < -0.3 is 14.8 Å². The Morgan fingerprint density at radius 1 is 1.32 bits per heavy atom. The van der Waals surface area contributed by atoms with Gasteiger partial charge in [-0.1, -0.05) is 6.07 Å². The maximum atomic E-state index is 13.1. The first-order valence-corrected chi connectivity index (χ1v) is 9.79. The van der Waals surface area contributed by atoms with Crippen molar-refractivity contribution in [3.63, 3.8) is 0 Å². The summed E-state index contributed by atoms with van der Waals surface area (Å²) in [4.78, 5) is 27.0. The van der Waals surface area contributed by atoms with Crippen molar-refractivity contribution < 1.29 is 4.79 Å². The molecule has 4 rings (SSSR count). The largest absolute Gasteiger partial charge is 0.333 e. The van der Waals surface area contributed by atoms with Crippen LogP contribution in [0.2, 0.25) is 0 Å². The number of carbonyl (C=O) groups excluding carboxylic acids is 1. The SMILES string of the molecule is O=C(Cn1ccccc1=O)N(Cc1ccsc1)[C@H]1CC12CCNCC2. The van der Waals surface area contributed by atoms with E-state index >= 15 is 0 Å². The summed E-state index contributed by atoms with van der Waals surface area (Å²) in [6, 6.07) is 7.39. The molecule has 0 bridgehead atoms. The van der Waals surface area contributed by atoms with E-state index in [-0.39, 0.29) is 18.0 Å². The van der Waals surface area contributed by atoms with Crippen LogP contribution in [0.5, 0.6) is 0 Å². The third kappa shape index (κ3) is 3.41. The second kappa shape index (κ2) is 6.77. The predicted molar refractivity (Wildman–Crippen MR) is 98.5 cm³/mol. The van der Waals surface area contributed by atoms with Crippen LogP contribution < -0.4 is 10.9 Å². The number of amides is 1. The van der Waals surface area contributed by atoms with Gasteiger partial charge in [0.1, 0.15) is 6.54 Å². The normalized spacial score (nSPS) is 21.2. The van der Waals surface area contributed by atoms with E-state index in [4.69, 9.17) is 0 Å². The molecule has 1 saturated carbocycles. The van der Waals surface area contributed by atoms with Gasteiger partial charge in [0.2, 0.25) is 5.91 Å². The van der Waals surface area contributed by atoms with Gasteiger partial charge in [-0.2, -0.15) is 11.3 Å². The van der Waals surface area contributed by atoms with Crippen molar-refractivity contribution in [2.45, 2.75) is 38.4 Å². The molecular weight excluding hydrogens is 334 g/mol. The van der Waals surface area contributed by atoms with Gasteiger partial charge in [0, 0.05) is 24.8 Å². The summed E-state index contributed by atoms with van der Waals surface area (Å²) in [6.45, 7) is 2.84. The van der Waals surface area contributed by atoms with Crippen molar-refractivity contribution in [3.05, 3.63) is 57.1 Å². The molecule has 2 aromatic heterocycles. The zero-order valence-electron chi connectivity index (χ0n) is 14.2. The summed E-state index contributed by atoms with van der Waals surface area (Å²) in [5, 5.41) is 7.57. The van der Waals surface area contributed by atoms with Crippen LogP contribution in [-0.4, -0.2) is 34.5 Å². The monoisotopic (exact) mass is 357 g/mol. The molecule has 0 aromatic carbocycles. The van der Waals surface area contributed by atoms with Crippen LogP contribution >= 0.6 is 11.3 Å². The number of pyridine rings is 1. The number of piperidine rings is 1. The van der Waals surface area contributed by atoms with Gasteiger partial charge in [-0.05, 0) is 66.2 Å². The first-order valence-electron chi connectivity index (χ1n) is 8.85. The number of rotatable bonds is 5. The fourth-order valence-electron chi connectivity index (χ4n) is 4.01. The molecule has 1 atom stereocenters. The van der Waals surface area contributed by atoms with Gasteiger partial charge in [0.15, 0.2) is 0 Å². The maximum absolute atomic E-state index is 13.1. The number of carbonyl (C=O) groups is 1. The third-order valence-electron chi connectivity index (χ3n) is 5.58. The molecule has 6 heteroatoms. The second-order valence-electron chi connectivity index (χ2n) is 7.15. The molecule has 132 valence electrons. The van der Waals surface area contributed by atoms with Crippen molar-refractivity contribution in [2.75, 3.05) is 13.1 Å². The number of nitrogens with zero attached hydrogens (tertiary/aromatic N) is 2. The van der Waals surface area contributed by atoms with E-state index in [2.05, 4.69) is 16.8 Å². The molecule has 1 saturated heterocycles. The summed E-state index contributed by atoms with van der Waals surface area (Å²) >= 11 is 1.66. The van der Waals surface area contributed by atoms with E-state index in [0.29, 0.717) is 18.0 Å². The number of nitrogens with one attached hydrogen (secondary N) is 1. The van der Waals surface area contributed by atoms with Crippen LogP contribution in [0.1, 0.15) is 24.8 Å². The Kier molecular flexibility index (Phi) is 4.48. The van der Waals surface area contributed by atoms with Crippen LogP contribution in [-0.2, 0) is 17.9 Å². The highest BCUT2D eigenvalue weighted by Gasteiger charge is 2.57. The molecule has 2 fully saturated rings. The number of hydrogen-bond donors (Lipinski definition) is 1. The number of thiophene rings is 1. The Labute approximate surface area is 151 Å². The average molecular weight is 357 g/mol. The van der Waals surface area contributed by atoms with E-state index in [9.17, 15) is 9.59 Å². The summed E-state index contributed by atoms with van der Waals surface area (Å²) in [5.41, 5.74) is 1.34. The van der Waals surface area contributed by atoms with E-state index in [1.54, 1.807) is 29.7 Å². The van der Waals surface area contributed by atoms with Gasteiger partial charge in [-0.25, -0.2) is 0 Å². The minimum Gasteiger partial charge on any atom is -0.333 e. The molecule has 0 radical (unpaired) electrons. The van der Waals surface area contributed by atoms with Gasteiger partial charge in [-0.3, -0.25) is 9.59 Å². The summed E-state index contributed by atoms with van der Waals surface area (Å²) in [7, 11) is 0. The molecule has 1 aliphatic heterocycles. The van der Waals surface area contributed by atoms with Crippen LogP contribution in [0.4, 0.5) is 0 Å². The lowest BCUT2D eigenvalue weighted by Crippen LogP contribution is -2.41. The highest BCUT2D eigenvalue weighted by atomic mass is 32.1. The maximum Gasteiger partial charge on any atom is 0.250 e. The fraction of sp³-hybridized carbons (Fsp3) is 0.474. The minimum atomic E-state index is -0.126. The first kappa shape index (κ1) is 16.5. The Bertz CT molecular complexity index is 793. The molecule has 5 nitrogen and oxygen atoms in total. The average Bonchev–Trinajstić information content (AvgIpc) is 3.06. The topological polar surface area (TPSA) is 54.3 Å². The summed E-state index contributed by atoms with van der Waals surface area (Å²) in [5.74, 6) is 0.0416. The predicted octanol–water partition coefficient (Wildman–Crippen LogP) is 2.08. The Morgan fingerprint density at radius 2 is 2.16 bits per heavy atom. The third-order valence-corrected chi connectivity index (χ3v) is 6.31. The Balaban J connectivity index is 1.54. The molecule has 1 N–H and O–H groups in total. The van der Waals surface area contributed by atoms with E-state index < -0.39 is 0 Å². The minimum absolute atomic E-state index is 0.0416. The molecule has 3 heterocycles. The molecule has 1 aliphatic carbocycles. The number of hydrogen-bond acceptors (Lipinski definition) is 4. The van der Waals surface area contributed by atoms with Crippen LogP contribution in [0.15, 0.2) is 46.0 Å². The fourth-order valence-corrected chi connectivity index (χ4v) is 4.67. The highest BCUT2D eigenvalue weighted by molar-refractivity contribution is 7.07. The lowest BCUT2D eigenvalue weighted by Gasteiger charge is -2.29. The lowest BCUT2D eigenvalue weighted by atomic mass is 9.93. The summed E-state index contributed by atoms with van der Waals surface area (Å²) in [6.07, 6.45) is 5.05. The molecule has 25 heavy (non-hydrogen) atoms. The van der Waals surface area contributed by atoms with Crippen molar-refractivity contribution in [1.82, 2.24) is 14.8 Å². The number of aromatic nitrogens is 1. The van der Waals surface area contributed by atoms with Crippen LogP contribution in [0, 0.1) is 5.41 Å². The van der Waals surface area contributed by atoms with E-state index in [1.165, 1.54) is 16.2 Å². The molecule has 2 aliphatic rings. The standard InChI is InChI=1S/C19H23N3O2S/c23-17-3-1-2-9-21(17)13-18(24)22(12-15-4-10-25-14-15)16-11-19(16)5-7-20-8-6-19/h1-4,9-10,14,16,20H,5-8,11-13H2/t16-/m0/s1. The van der Waals surface area contributed by atoms with Crippen LogP contribution in [0.3, 0.4) is 0 Å².